The van der Waals surface area contributed by atoms with Crippen LogP contribution in [0, 0.1) is 0 Å². The Morgan fingerprint density at radius 3 is 2.50 bits per heavy atom. The summed E-state index contributed by atoms with van der Waals surface area (Å²) in [6, 6.07) is 14.2. The number of ether oxygens (including phenoxy) is 1. The van der Waals surface area contributed by atoms with Crippen molar-refractivity contribution in [3.05, 3.63) is 48.0 Å². The first-order chi connectivity index (χ1) is 8.66. The second-order valence-corrected chi connectivity index (χ2v) is 4.12. The van der Waals surface area contributed by atoms with Gasteiger partial charge in [0.2, 0.25) is 5.78 Å². The van der Waals surface area contributed by atoms with E-state index in [1.165, 1.54) is 12.3 Å². The van der Waals surface area contributed by atoms with Crippen LogP contribution in [0.3, 0.4) is 0 Å². The Kier molecular flexibility index (Phi) is 3.72. The van der Waals surface area contributed by atoms with E-state index in [9.17, 15) is 9.59 Å². The van der Waals surface area contributed by atoms with E-state index in [1.807, 2.05) is 30.3 Å². The second-order valence-electron chi connectivity index (χ2n) is 4.12. The van der Waals surface area contributed by atoms with E-state index in [1.54, 1.807) is 0 Å². The highest BCUT2D eigenvalue weighted by molar-refractivity contribution is 6.32. The molecule has 92 valence electrons. The number of carbonyl (C=O) groups excluding carboxylic acids is 2. The Morgan fingerprint density at radius 1 is 1.06 bits per heavy atom. The van der Waals surface area contributed by atoms with Gasteiger partial charge in [0.05, 0.1) is 6.61 Å². The van der Waals surface area contributed by atoms with Gasteiger partial charge in [0.15, 0.2) is 0 Å². The fraction of sp³-hybridized carbons (Fsp3) is 0.200. The highest BCUT2D eigenvalue weighted by atomic mass is 16.5. The summed E-state index contributed by atoms with van der Waals surface area (Å²) in [7, 11) is 0. The molecule has 3 heteroatoms. The van der Waals surface area contributed by atoms with Crippen LogP contribution in [0.4, 0.5) is 0 Å². The largest absolute Gasteiger partial charge is 0.460 e. The Balaban J connectivity index is 2.00. The van der Waals surface area contributed by atoms with Gasteiger partial charge in [-0.15, -0.1) is 0 Å². The van der Waals surface area contributed by atoms with Crippen molar-refractivity contribution in [1.29, 1.82) is 0 Å². The predicted molar refractivity (Wildman–Crippen MR) is 69.3 cm³/mol. The molecular formula is C15H14O3. The van der Waals surface area contributed by atoms with Crippen molar-refractivity contribution in [2.24, 2.45) is 0 Å². The van der Waals surface area contributed by atoms with Crippen LogP contribution in [0.15, 0.2) is 42.5 Å². The molecule has 0 heterocycles. The molecule has 3 nitrogen and oxygen atoms in total. The van der Waals surface area contributed by atoms with Crippen LogP contribution < -0.4 is 0 Å². The number of fused-ring (bicyclic) bond motifs is 1. The summed E-state index contributed by atoms with van der Waals surface area (Å²) >= 11 is 0. The Hall–Kier alpha value is -2.16. The summed E-state index contributed by atoms with van der Waals surface area (Å²) in [5.41, 5.74) is 1.09. The number of rotatable bonds is 4. The fourth-order valence-electron chi connectivity index (χ4n) is 1.76. The van der Waals surface area contributed by atoms with Gasteiger partial charge >= 0.3 is 5.97 Å². The van der Waals surface area contributed by atoms with Crippen LogP contribution in [-0.4, -0.2) is 18.4 Å². The van der Waals surface area contributed by atoms with Crippen molar-refractivity contribution >= 4 is 22.5 Å². The van der Waals surface area contributed by atoms with E-state index < -0.39 is 11.8 Å². The van der Waals surface area contributed by atoms with Crippen LogP contribution >= 0.6 is 0 Å². The van der Waals surface area contributed by atoms with Crippen molar-refractivity contribution in [1.82, 2.24) is 0 Å². The van der Waals surface area contributed by atoms with E-state index in [0.29, 0.717) is 6.42 Å². The molecule has 0 atom stereocenters. The number of ketones is 1. The number of carbonyl (C=O) groups is 2. The maximum Gasteiger partial charge on any atom is 0.374 e. The topological polar surface area (TPSA) is 43.4 Å². The summed E-state index contributed by atoms with van der Waals surface area (Å²) < 4.78 is 4.83. The second kappa shape index (κ2) is 5.45. The Labute approximate surface area is 105 Å². The summed E-state index contributed by atoms with van der Waals surface area (Å²) in [5, 5.41) is 2.34. The molecule has 2 rings (SSSR count). The molecule has 0 fully saturated rings. The maximum absolute atomic E-state index is 11.0. The summed E-state index contributed by atoms with van der Waals surface area (Å²) in [6.45, 7) is 1.44. The molecule has 0 aliphatic rings. The van der Waals surface area contributed by atoms with Crippen LogP contribution in [0.5, 0.6) is 0 Å². The molecule has 0 spiro atoms. The maximum atomic E-state index is 11.0. The smallest absolute Gasteiger partial charge is 0.374 e. The van der Waals surface area contributed by atoms with Crippen LogP contribution in [0.2, 0.25) is 0 Å². The van der Waals surface area contributed by atoms with Gasteiger partial charge in [0, 0.05) is 13.3 Å². The average molecular weight is 242 g/mol. The molecule has 0 amide bonds. The summed E-state index contributed by atoms with van der Waals surface area (Å²) in [6.07, 6.45) is 0.615. The van der Waals surface area contributed by atoms with Crippen molar-refractivity contribution in [2.45, 2.75) is 13.3 Å². The van der Waals surface area contributed by atoms with Gasteiger partial charge in [-0.25, -0.2) is 4.79 Å². The van der Waals surface area contributed by atoms with Crippen LogP contribution in [0.1, 0.15) is 12.5 Å². The molecular weight excluding hydrogens is 228 g/mol. The molecule has 0 aliphatic carbocycles. The minimum Gasteiger partial charge on any atom is -0.460 e. The molecule has 0 saturated heterocycles. The SMILES string of the molecule is CC(=O)C(=O)OCCc1ccc2ccccc2c1. The summed E-state index contributed by atoms with van der Waals surface area (Å²) in [5.74, 6) is -1.33. The van der Waals surface area contributed by atoms with Gasteiger partial charge in [-0.05, 0) is 16.3 Å². The molecule has 0 unspecified atom stereocenters. The molecule has 18 heavy (non-hydrogen) atoms. The first kappa shape index (κ1) is 12.3. The fourth-order valence-corrected chi connectivity index (χ4v) is 1.76. The Bertz CT molecular complexity index is 587. The molecule has 0 bridgehead atoms. The normalized spacial score (nSPS) is 10.3. The van der Waals surface area contributed by atoms with Gasteiger partial charge < -0.3 is 4.74 Å². The zero-order valence-electron chi connectivity index (χ0n) is 10.2. The van der Waals surface area contributed by atoms with Gasteiger partial charge in [-0.2, -0.15) is 0 Å². The van der Waals surface area contributed by atoms with Crippen LogP contribution in [-0.2, 0) is 20.7 Å². The van der Waals surface area contributed by atoms with Crippen molar-refractivity contribution in [2.75, 3.05) is 6.61 Å². The first-order valence-corrected chi connectivity index (χ1v) is 5.82. The van der Waals surface area contributed by atoms with E-state index >= 15 is 0 Å². The molecule has 2 aromatic carbocycles. The lowest BCUT2D eigenvalue weighted by Gasteiger charge is -2.04. The Morgan fingerprint density at radius 2 is 1.78 bits per heavy atom. The monoisotopic (exact) mass is 242 g/mol. The minimum atomic E-state index is -0.768. The van der Waals surface area contributed by atoms with E-state index in [-0.39, 0.29) is 6.61 Å². The van der Waals surface area contributed by atoms with Gasteiger partial charge in [0.1, 0.15) is 0 Å². The highest BCUT2D eigenvalue weighted by Crippen LogP contribution is 2.15. The number of hydrogen-bond acceptors (Lipinski definition) is 3. The third-order valence-electron chi connectivity index (χ3n) is 2.73. The van der Waals surface area contributed by atoms with Crippen molar-refractivity contribution < 1.29 is 14.3 Å². The molecule has 0 saturated carbocycles. The van der Waals surface area contributed by atoms with E-state index in [0.717, 1.165) is 10.9 Å². The van der Waals surface area contributed by atoms with Gasteiger partial charge in [0.25, 0.3) is 0 Å². The van der Waals surface area contributed by atoms with Crippen molar-refractivity contribution in [3.8, 4) is 0 Å². The lowest BCUT2D eigenvalue weighted by molar-refractivity contribution is -0.152. The zero-order chi connectivity index (χ0) is 13.0. The zero-order valence-corrected chi connectivity index (χ0v) is 10.2. The molecule has 0 N–H and O–H groups in total. The number of Topliss-reactive ketones (excluding diaryl/α,β-unsaturated/α-hetero) is 1. The van der Waals surface area contributed by atoms with Gasteiger partial charge in [-0.1, -0.05) is 42.5 Å². The molecule has 0 radical (unpaired) electrons. The number of esters is 1. The predicted octanol–water partition coefficient (Wildman–Crippen LogP) is 2.51. The lowest BCUT2D eigenvalue weighted by atomic mass is 10.1. The third-order valence-corrected chi connectivity index (χ3v) is 2.73. The van der Waals surface area contributed by atoms with Gasteiger partial charge in [-0.3, -0.25) is 4.79 Å². The molecule has 2 aromatic rings. The third kappa shape index (κ3) is 2.94. The molecule has 0 aromatic heterocycles. The summed E-state index contributed by atoms with van der Waals surface area (Å²) in [4.78, 5) is 21.7. The highest BCUT2D eigenvalue weighted by Gasteiger charge is 2.08. The minimum absolute atomic E-state index is 0.233. The number of hydrogen-bond donors (Lipinski definition) is 0. The molecule has 0 aliphatic heterocycles. The first-order valence-electron chi connectivity index (χ1n) is 5.82. The van der Waals surface area contributed by atoms with E-state index in [4.69, 9.17) is 4.74 Å². The quantitative estimate of drug-likeness (QED) is 0.611. The average Bonchev–Trinajstić information content (AvgIpc) is 2.38. The van der Waals surface area contributed by atoms with Crippen LogP contribution in [0.25, 0.3) is 10.8 Å². The van der Waals surface area contributed by atoms with Crippen molar-refractivity contribution in [3.63, 3.8) is 0 Å². The number of benzene rings is 2. The lowest BCUT2D eigenvalue weighted by Crippen LogP contribution is -2.15. The van der Waals surface area contributed by atoms with E-state index in [2.05, 4.69) is 12.1 Å². The standard InChI is InChI=1S/C15H14O3/c1-11(16)15(17)18-9-8-12-6-7-13-4-2-3-5-14(13)10-12/h2-7,10H,8-9H2,1H3.